The fourth-order valence-corrected chi connectivity index (χ4v) is 1.90. The highest BCUT2D eigenvalue weighted by atomic mass is 16.5. The zero-order valence-corrected chi connectivity index (χ0v) is 11.8. The lowest BCUT2D eigenvalue weighted by Gasteiger charge is -2.09. The molecule has 2 aromatic rings. The Balaban J connectivity index is 2.20. The van der Waals surface area contributed by atoms with Gasteiger partial charge in [0.15, 0.2) is 0 Å². The Hall–Kier alpha value is -2.50. The molecule has 2 rings (SSSR count). The van der Waals surface area contributed by atoms with Crippen LogP contribution in [0.4, 0.5) is 11.4 Å². The van der Waals surface area contributed by atoms with Gasteiger partial charge in [0.25, 0.3) is 5.91 Å². The molecular formula is C14H18N4O2. The second-order valence-corrected chi connectivity index (χ2v) is 4.45. The number of aromatic nitrogens is 2. The second-order valence-electron chi connectivity index (χ2n) is 4.45. The molecule has 1 aromatic heterocycles. The van der Waals surface area contributed by atoms with E-state index in [0.717, 1.165) is 11.4 Å². The molecule has 6 nitrogen and oxygen atoms in total. The van der Waals surface area contributed by atoms with Crippen molar-refractivity contribution in [1.29, 1.82) is 0 Å². The minimum absolute atomic E-state index is 0.229. The molecule has 0 saturated heterocycles. The molecule has 0 fully saturated rings. The normalized spacial score (nSPS) is 10.3. The SMILES string of the molecule is CCOc1ccc(C(=O)Nc2c(C)n[nH]c2C)cc1N. The van der Waals surface area contributed by atoms with E-state index in [-0.39, 0.29) is 5.91 Å². The molecule has 4 N–H and O–H groups in total. The van der Waals surface area contributed by atoms with Crippen molar-refractivity contribution in [2.75, 3.05) is 17.7 Å². The second kappa shape index (κ2) is 5.64. The molecule has 0 spiro atoms. The Morgan fingerprint density at radius 1 is 1.45 bits per heavy atom. The number of aryl methyl sites for hydroxylation is 2. The van der Waals surface area contributed by atoms with Gasteiger partial charge in [-0.3, -0.25) is 9.89 Å². The molecule has 20 heavy (non-hydrogen) atoms. The van der Waals surface area contributed by atoms with E-state index in [1.807, 2.05) is 20.8 Å². The summed E-state index contributed by atoms with van der Waals surface area (Å²) in [6, 6.07) is 4.98. The molecule has 0 aliphatic rings. The van der Waals surface area contributed by atoms with Gasteiger partial charge in [0.05, 0.1) is 29.4 Å². The van der Waals surface area contributed by atoms with Crippen LogP contribution in [0.5, 0.6) is 5.75 Å². The number of nitrogen functional groups attached to an aromatic ring is 1. The summed E-state index contributed by atoms with van der Waals surface area (Å²) in [5.41, 5.74) is 9.03. The van der Waals surface area contributed by atoms with Crippen molar-refractivity contribution in [1.82, 2.24) is 10.2 Å². The highest BCUT2D eigenvalue weighted by molar-refractivity contribution is 6.05. The first-order valence-electron chi connectivity index (χ1n) is 6.38. The van der Waals surface area contributed by atoms with E-state index in [0.29, 0.717) is 29.3 Å². The predicted octanol–water partition coefficient (Wildman–Crippen LogP) is 2.26. The lowest BCUT2D eigenvalue weighted by atomic mass is 10.1. The van der Waals surface area contributed by atoms with Crippen molar-refractivity contribution in [3.63, 3.8) is 0 Å². The van der Waals surface area contributed by atoms with Gasteiger partial charge in [-0.1, -0.05) is 0 Å². The number of amides is 1. The van der Waals surface area contributed by atoms with E-state index in [2.05, 4.69) is 15.5 Å². The number of carbonyl (C=O) groups excluding carboxylic acids is 1. The van der Waals surface area contributed by atoms with Crippen LogP contribution in [-0.4, -0.2) is 22.7 Å². The fourth-order valence-electron chi connectivity index (χ4n) is 1.90. The minimum Gasteiger partial charge on any atom is -0.492 e. The van der Waals surface area contributed by atoms with Crippen LogP contribution in [0.2, 0.25) is 0 Å². The molecule has 0 radical (unpaired) electrons. The molecule has 106 valence electrons. The van der Waals surface area contributed by atoms with Crippen LogP contribution < -0.4 is 15.8 Å². The van der Waals surface area contributed by atoms with E-state index < -0.39 is 0 Å². The Morgan fingerprint density at radius 2 is 2.20 bits per heavy atom. The van der Waals surface area contributed by atoms with Gasteiger partial charge in [0.1, 0.15) is 5.75 Å². The summed E-state index contributed by atoms with van der Waals surface area (Å²) >= 11 is 0. The molecule has 0 bridgehead atoms. The molecule has 1 heterocycles. The van der Waals surface area contributed by atoms with Gasteiger partial charge in [-0.05, 0) is 39.0 Å². The summed E-state index contributed by atoms with van der Waals surface area (Å²) in [6.45, 7) is 6.08. The first-order chi connectivity index (χ1) is 9.52. The Labute approximate surface area is 117 Å². The Morgan fingerprint density at radius 3 is 2.75 bits per heavy atom. The molecule has 0 atom stereocenters. The van der Waals surface area contributed by atoms with Gasteiger partial charge < -0.3 is 15.8 Å². The summed E-state index contributed by atoms with van der Waals surface area (Å²) in [6.07, 6.45) is 0. The van der Waals surface area contributed by atoms with Gasteiger partial charge in [-0.2, -0.15) is 5.10 Å². The predicted molar refractivity (Wildman–Crippen MR) is 78.0 cm³/mol. The number of rotatable bonds is 4. The number of nitrogens with one attached hydrogen (secondary N) is 2. The monoisotopic (exact) mass is 274 g/mol. The van der Waals surface area contributed by atoms with Crippen molar-refractivity contribution in [2.24, 2.45) is 0 Å². The zero-order chi connectivity index (χ0) is 14.7. The maximum atomic E-state index is 12.2. The lowest BCUT2D eigenvalue weighted by molar-refractivity contribution is 0.102. The van der Waals surface area contributed by atoms with E-state index in [1.54, 1.807) is 18.2 Å². The third-order valence-electron chi connectivity index (χ3n) is 2.94. The molecular weight excluding hydrogens is 256 g/mol. The molecule has 1 aromatic carbocycles. The molecule has 1 amide bonds. The lowest BCUT2D eigenvalue weighted by Crippen LogP contribution is -2.13. The first-order valence-corrected chi connectivity index (χ1v) is 6.38. The summed E-state index contributed by atoms with van der Waals surface area (Å²) in [7, 11) is 0. The average molecular weight is 274 g/mol. The fraction of sp³-hybridized carbons (Fsp3) is 0.286. The number of aromatic amines is 1. The standard InChI is InChI=1S/C14H18N4O2/c1-4-20-12-6-5-10(7-11(12)15)14(19)16-13-8(2)17-18-9(13)3/h5-7H,4,15H2,1-3H3,(H,16,19)(H,17,18). The van der Waals surface area contributed by atoms with Gasteiger partial charge in [-0.15, -0.1) is 0 Å². The third kappa shape index (κ3) is 2.74. The average Bonchev–Trinajstić information content (AvgIpc) is 2.73. The third-order valence-corrected chi connectivity index (χ3v) is 2.94. The summed E-state index contributed by atoms with van der Waals surface area (Å²) < 4.78 is 5.34. The number of hydrogen-bond donors (Lipinski definition) is 3. The molecule has 0 unspecified atom stereocenters. The number of nitrogens with two attached hydrogens (primary N) is 1. The van der Waals surface area contributed by atoms with Crippen molar-refractivity contribution in [3.8, 4) is 5.75 Å². The van der Waals surface area contributed by atoms with Crippen molar-refractivity contribution < 1.29 is 9.53 Å². The van der Waals surface area contributed by atoms with Gasteiger partial charge in [-0.25, -0.2) is 0 Å². The molecule has 6 heteroatoms. The highest BCUT2D eigenvalue weighted by Crippen LogP contribution is 2.24. The maximum Gasteiger partial charge on any atom is 0.255 e. The molecule has 0 aliphatic carbocycles. The van der Waals surface area contributed by atoms with Crippen LogP contribution in [0.25, 0.3) is 0 Å². The number of carbonyl (C=O) groups is 1. The quantitative estimate of drug-likeness (QED) is 0.745. The topological polar surface area (TPSA) is 93.0 Å². The highest BCUT2D eigenvalue weighted by Gasteiger charge is 2.13. The Bertz CT molecular complexity index is 615. The number of H-pyrrole nitrogens is 1. The number of ether oxygens (including phenoxy) is 1. The number of nitrogens with zero attached hydrogens (tertiary/aromatic N) is 1. The van der Waals surface area contributed by atoms with Gasteiger partial charge in [0.2, 0.25) is 0 Å². The van der Waals surface area contributed by atoms with Crippen LogP contribution in [-0.2, 0) is 0 Å². The van der Waals surface area contributed by atoms with E-state index in [9.17, 15) is 4.79 Å². The van der Waals surface area contributed by atoms with Crippen LogP contribution in [0.3, 0.4) is 0 Å². The summed E-state index contributed by atoms with van der Waals surface area (Å²) in [4.78, 5) is 12.2. The molecule has 0 saturated carbocycles. The van der Waals surface area contributed by atoms with Crippen molar-refractivity contribution >= 4 is 17.3 Å². The van der Waals surface area contributed by atoms with Gasteiger partial charge in [0, 0.05) is 5.56 Å². The van der Waals surface area contributed by atoms with Crippen LogP contribution in [0, 0.1) is 13.8 Å². The number of hydrogen-bond acceptors (Lipinski definition) is 4. The van der Waals surface area contributed by atoms with E-state index in [1.165, 1.54) is 0 Å². The summed E-state index contributed by atoms with van der Waals surface area (Å²) in [5.74, 6) is 0.354. The minimum atomic E-state index is -0.229. The Kier molecular flexibility index (Phi) is 3.93. The van der Waals surface area contributed by atoms with Crippen LogP contribution in [0.1, 0.15) is 28.7 Å². The number of anilines is 2. The van der Waals surface area contributed by atoms with Crippen molar-refractivity contribution in [3.05, 3.63) is 35.2 Å². The van der Waals surface area contributed by atoms with E-state index in [4.69, 9.17) is 10.5 Å². The zero-order valence-electron chi connectivity index (χ0n) is 11.8. The molecule has 0 aliphatic heterocycles. The van der Waals surface area contributed by atoms with Crippen LogP contribution in [0.15, 0.2) is 18.2 Å². The number of benzene rings is 1. The maximum absolute atomic E-state index is 12.2. The largest absolute Gasteiger partial charge is 0.492 e. The first kappa shape index (κ1) is 13.9. The van der Waals surface area contributed by atoms with Crippen molar-refractivity contribution in [2.45, 2.75) is 20.8 Å². The smallest absolute Gasteiger partial charge is 0.255 e. The van der Waals surface area contributed by atoms with Crippen LogP contribution >= 0.6 is 0 Å². The van der Waals surface area contributed by atoms with E-state index >= 15 is 0 Å². The van der Waals surface area contributed by atoms with Gasteiger partial charge >= 0.3 is 0 Å². The summed E-state index contributed by atoms with van der Waals surface area (Å²) in [5, 5.41) is 9.68.